The van der Waals surface area contributed by atoms with Crippen LogP contribution in [0.3, 0.4) is 0 Å². The van der Waals surface area contributed by atoms with Gasteiger partial charge in [-0.05, 0) is 27.1 Å². The van der Waals surface area contributed by atoms with Crippen molar-refractivity contribution in [3.05, 3.63) is 35.4 Å². The first-order chi connectivity index (χ1) is 7.52. The minimum Gasteiger partial charge on any atom is -0.309 e. The lowest BCUT2D eigenvalue weighted by molar-refractivity contribution is 0.385. The molecule has 90 valence electrons. The smallest absolute Gasteiger partial charge is 0.163 e. The molecule has 1 unspecified atom stereocenters. The normalized spacial score (nSPS) is 13.1. The Morgan fingerprint density at radius 2 is 2.00 bits per heavy atom. The molecule has 2 nitrogen and oxygen atoms in total. The van der Waals surface area contributed by atoms with E-state index in [0.29, 0.717) is 5.56 Å². The molecule has 0 fully saturated rings. The number of likely N-dealkylation sites (N-methyl/N-ethyl adjacent to an activating group) is 1. The molecule has 0 aliphatic carbocycles. The van der Waals surface area contributed by atoms with Crippen LogP contribution in [0.25, 0.3) is 0 Å². The van der Waals surface area contributed by atoms with Gasteiger partial charge in [0, 0.05) is 24.7 Å². The van der Waals surface area contributed by atoms with Gasteiger partial charge in [0.05, 0.1) is 0 Å². The van der Waals surface area contributed by atoms with E-state index in [1.807, 2.05) is 25.9 Å². The van der Waals surface area contributed by atoms with Gasteiger partial charge in [0.15, 0.2) is 11.6 Å². The van der Waals surface area contributed by atoms with Crippen LogP contribution in [0.15, 0.2) is 18.2 Å². The van der Waals surface area contributed by atoms with E-state index in [9.17, 15) is 8.78 Å². The Morgan fingerprint density at radius 3 is 2.62 bits per heavy atom. The van der Waals surface area contributed by atoms with E-state index in [1.165, 1.54) is 6.07 Å². The van der Waals surface area contributed by atoms with Crippen LogP contribution in [-0.4, -0.2) is 32.1 Å². The lowest BCUT2D eigenvalue weighted by Crippen LogP contribution is -2.29. The van der Waals surface area contributed by atoms with Crippen LogP contribution >= 0.6 is 0 Å². The predicted molar refractivity (Wildman–Crippen MR) is 61.3 cm³/mol. The van der Waals surface area contributed by atoms with Crippen molar-refractivity contribution >= 4 is 0 Å². The molecular weight excluding hydrogens is 210 g/mol. The Bertz CT molecular complexity index is 340. The van der Waals surface area contributed by atoms with Crippen LogP contribution in [0, 0.1) is 11.6 Å². The monoisotopic (exact) mass is 228 g/mol. The molecule has 1 N–H and O–H groups in total. The first-order valence-electron chi connectivity index (χ1n) is 5.34. The fourth-order valence-corrected chi connectivity index (χ4v) is 1.47. The molecule has 0 radical (unpaired) electrons. The molecule has 0 aromatic heterocycles. The van der Waals surface area contributed by atoms with Crippen LogP contribution < -0.4 is 5.32 Å². The van der Waals surface area contributed by atoms with Gasteiger partial charge in [0.2, 0.25) is 0 Å². The highest BCUT2D eigenvalue weighted by Gasteiger charge is 2.13. The van der Waals surface area contributed by atoms with Crippen molar-refractivity contribution in [2.45, 2.75) is 13.0 Å². The SMILES string of the molecule is CC(NCCN(C)C)c1cccc(F)c1F. The molecule has 0 spiro atoms. The van der Waals surface area contributed by atoms with E-state index in [2.05, 4.69) is 5.32 Å². The summed E-state index contributed by atoms with van der Waals surface area (Å²) < 4.78 is 26.4. The van der Waals surface area contributed by atoms with Crippen molar-refractivity contribution < 1.29 is 8.78 Å². The minimum absolute atomic E-state index is 0.185. The summed E-state index contributed by atoms with van der Waals surface area (Å²) >= 11 is 0. The molecule has 0 bridgehead atoms. The standard InChI is InChI=1S/C12H18F2N2/c1-9(15-7-8-16(2)3)10-5-4-6-11(13)12(10)14/h4-6,9,15H,7-8H2,1-3H3. The fraction of sp³-hybridized carbons (Fsp3) is 0.500. The third-order valence-corrected chi connectivity index (χ3v) is 2.46. The summed E-state index contributed by atoms with van der Waals surface area (Å²) in [5.41, 5.74) is 0.374. The maximum atomic E-state index is 13.4. The molecule has 1 aromatic carbocycles. The Hall–Kier alpha value is -1.00. The van der Waals surface area contributed by atoms with Crippen molar-refractivity contribution in [3.63, 3.8) is 0 Å². The van der Waals surface area contributed by atoms with E-state index in [1.54, 1.807) is 6.07 Å². The van der Waals surface area contributed by atoms with Crippen molar-refractivity contribution in [2.75, 3.05) is 27.2 Å². The molecule has 4 heteroatoms. The van der Waals surface area contributed by atoms with Gasteiger partial charge in [0.25, 0.3) is 0 Å². The second kappa shape index (κ2) is 5.92. The summed E-state index contributed by atoms with van der Waals surface area (Å²) in [4.78, 5) is 2.03. The van der Waals surface area contributed by atoms with Crippen LogP contribution in [0.5, 0.6) is 0 Å². The summed E-state index contributed by atoms with van der Waals surface area (Å²) in [6, 6.07) is 4.07. The first-order valence-corrected chi connectivity index (χ1v) is 5.34. The quantitative estimate of drug-likeness (QED) is 0.831. The van der Waals surface area contributed by atoms with Crippen molar-refractivity contribution in [1.82, 2.24) is 10.2 Å². The zero-order valence-electron chi connectivity index (χ0n) is 9.93. The molecule has 1 rings (SSSR count). The lowest BCUT2D eigenvalue weighted by Gasteiger charge is -2.17. The van der Waals surface area contributed by atoms with Gasteiger partial charge in [-0.1, -0.05) is 12.1 Å². The van der Waals surface area contributed by atoms with Gasteiger partial charge in [-0.25, -0.2) is 8.78 Å². The zero-order valence-corrected chi connectivity index (χ0v) is 9.93. The number of nitrogens with zero attached hydrogens (tertiary/aromatic N) is 1. The maximum Gasteiger partial charge on any atom is 0.163 e. The van der Waals surface area contributed by atoms with Gasteiger partial charge in [0.1, 0.15) is 0 Å². The van der Waals surface area contributed by atoms with Crippen molar-refractivity contribution in [3.8, 4) is 0 Å². The number of benzene rings is 1. The average molecular weight is 228 g/mol. The number of halogens is 2. The molecule has 0 amide bonds. The second-order valence-corrected chi connectivity index (χ2v) is 4.12. The number of nitrogens with one attached hydrogen (secondary N) is 1. The van der Waals surface area contributed by atoms with Crippen LogP contribution in [0.4, 0.5) is 8.78 Å². The third-order valence-electron chi connectivity index (χ3n) is 2.46. The van der Waals surface area contributed by atoms with E-state index >= 15 is 0 Å². The van der Waals surface area contributed by atoms with Gasteiger partial charge >= 0.3 is 0 Å². The fourth-order valence-electron chi connectivity index (χ4n) is 1.47. The Morgan fingerprint density at radius 1 is 1.31 bits per heavy atom. The molecule has 0 heterocycles. The highest BCUT2D eigenvalue weighted by molar-refractivity contribution is 5.21. The zero-order chi connectivity index (χ0) is 12.1. The molecule has 0 aliphatic rings. The molecule has 1 aromatic rings. The maximum absolute atomic E-state index is 13.4. The lowest BCUT2D eigenvalue weighted by atomic mass is 10.1. The number of hydrogen-bond acceptors (Lipinski definition) is 2. The first kappa shape index (κ1) is 13.1. The van der Waals surface area contributed by atoms with E-state index in [4.69, 9.17) is 0 Å². The summed E-state index contributed by atoms with van der Waals surface area (Å²) in [6.45, 7) is 3.43. The molecule has 0 saturated heterocycles. The molecular formula is C12H18F2N2. The van der Waals surface area contributed by atoms with Gasteiger partial charge in [-0.3, -0.25) is 0 Å². The molecule has 0 aliphatic heterocycles. The molecule has 0 saturated carbocycles. The van der Waals surface area contributed by atoms with E-state index < -0.39 is 11.6 Å². The third kappa shape index (κ3) is 3.54. The second-order valence-electron chi connectivity index (χ2n) is 4.12. The largest absolute Gasteiger partial charge is 0.309 e. The van der Waals surface area contributed by atoms with Crippen LogP contribution in [-0.2, 0) is 0 Å². The predicted octanol–water partition coefficient (Wildman–Crippen LogP) is 2.18. The van der Waals surface area contributed by atoms with Crippen LogP contribution in [0.1, 0.15) is 18.5 Å². The highest BCUT2D eigenvalue weighted by atomic mass is 19.2. The summed E-state index contributed by atoms with van der Waals surface area (Å²) in [5.74, 6) is -1.55. The minimum atomic E-state index is -0.793. The number of rotatable bonds is 5. The summed E-state index contributed by atoms with van der Waals surface area (Å²) in [7, 11) is 3.93. The van der Waals surface area contributed by atoms with E-state index in [-0.39, 0.29) is 6.04 Å². The average Bonchev–Trinajstić information content (AvgIpc) is 2.21. The Balaban J connectivity index is 2.59. The van der Waals surface area contributed by atoms with E-state index in [0.717, 1.165) is 19.2 Å². The van der Waals surface area contributed by atoms with Gasteiger partial charge < -0.3 is 10.2 Å². The Kier molecular flexibility index (Phi) is 4.83. The summed E-state index contributed by atoms with van der Waals surface area (Å²) in [5, 5.41) is 3.15. The van der Waals surface area contributed by atoms with Crippen molar-refractivity contribution in [1.29, 1.82) is 0 Å². The van der Waals surface area contributed by atoms with Crippen LogP contribution in [0.2, 0.25) is 0 Å². The topological polar surface area (TPSA) is 15.3 Å². The highest BCUT2D eigenvalue weighted by Crippen LogP contribution is 2.18. The molecule has 1 atom stereocenters. The number of hydrogen-bond donors (Lipinski definition) is 1. The Labute approximate surface area is 95.3 Å². The van der Waals surface area contributed by atoms with Gasteiger partial charge in [-0.2, -0.15) is 0 Å². The summed E-state index contributed by atoms with van der Waals surface area (Å²) in [6.07, 6.45) is 0. The molecule has 16 heavy (non-hydrogen) atoms. The van der Waals surface area contributed by atoms with Gasteiger partial charge in [-0.15, -0.1) is 0 Å². The van der Waals surface area contributed by atoms with Crippen molar-refractivity contribution in [2.24, 2.45) is 0 Å².